The highest BCUT2D eigenvalue weighted by Gasteiger charge is 2.47. The number of Topliss-reactive ketones (excluding diaryl/α,β-unsaturated/α-hetero) is 1. The van der Waals surface area contributed by atoms with Gasteiger partial charge >= 0.3 is 0 Å². The number of nitrogens with zero attached hydrogens (tertiary/aromatic N) is 1. The van der Waals surface area contributed by atoms with Crippen molar-refractivity contribution in [1.29, 1.82) is 0 Å². The van der Waals surface area contributed by atoms with E-state index in [1.54, 1.807) is 50.4 Å². The number of aliphatic hydroxyl groups excluding tert-OH is 1. The SMILES string of the molecule is COCCN1C(=O)C(=O)/C(=C(/O)c2ccc(OC)cc2C)[C@H]1c1cc(OC)ccc1OC. The number of ether oxygens (including phenoxy) is 4. The molecule has 1 heterocycles. The van der Waals surface area contributed by atoms with Gasteiger partial charge in [-0.25, -0.2) is 0 Å². The fraction of sp³-hybridized carbons (Fsp3) is 0.333. The number of carbonyl (C=O) groups is 2. The quantitative estimate of drug-likeness (QED) is 0.382. The second kappa shape index (κ2) is 9.74. The maximum atomic E-state index is 13.1. The molecule has 1 fully saturated rings. The zero-order valence-electron chi connectivity index (χ0n) is 18.8. The molecule has 0 aromatic heterocycles. The Bertz CT molecular complexity index is 1060. The third-order valence-electron chi connectivity index (χ3n) is 5.50. The van der Waals surface area contributed by atoms with Crippen molar-refractivity contribution < 1.29 is 33.6 Å². The summed E-state index contributed by atoms with van der Waals surface area (Å²) in [7, 11) is 6.08. The summed E-state index contributed by atoms with van der Waals surface area (Å²) >= 11 is 0. The van der Waals surface area contributed by atoms with Crippen LogP contribution in [0.5, 0.6) is 17.2 Å². The molecule has 1 saturated heterocycles. The van der Waals surface area contributed by atoms with Gasteiger partial charge in [-0.05, 0) is 48.9 Å². The highest BCUT2D eigenvalue weighted by Crippen LogP contribution is 2.44. The van der Waals surface area contributed by atoms with Crippen LogP contribution in [0, 0.1) is 6.92 Å². The lowest BCUT2D eigenvalue weighted by Crippen LogP contribution is -2.32. The van der Waals surface area contributed by atoms with Crippen molar-refractivity contribution in [3.05, 3.63) is 58.7 Å². The Labute approximate surface area is 187 Å². The minimum Gasteiger partial charge on any atom is -0.507 e. The summed E-state index contributed by atoms with van der Waals surface area (Å²) in [4.78, 5) is 27.5. The largest absolute Gasteiger partial charge is 0.507 e. The molecule has 0 radical (unpaired) electrons. The van der Waals surface area contributed by atoms with E-state index in [1.807, 2.05) is 0 Å². The highest BCUT2D eigenvalue weighted by molar-refractivity contribution is 6.46. The minimum absolute atomic E-state index is 0.0223. The first-order chi connectivity index (χ1) is 15.4. The number of hydrogen-bond donors (Lipinski definition) is 1. The summed E-state index contributed by atoms with van der Waals surface area (Å²) < 4.78 is 21.2. The Morgan fingerprint density at radius 3 is 2.22 bits per heavy atom. The predicted octanol–water partition coefficient (Wildman–Crippen LogP) is 3.09. The van der Waals surface area contributed by atoms with Gasteiger partial charge in [-0.2, -0.15) is 0 Å². The van der Waals surface area contributed by atoms with Crippen LogP contribution in [-0.2, 0) is 14.3 Å². The van der Waals surface area contributed by atoms with Crippen molar-refractivity contribution in [2.24, 2.45) is 0 Å². The summed E-state index contributed by atoms with van der Waals surface area (Å²) in [5.41, 5.74) is 1.63. The Kier molecular flexibility index (Phi) is 7.05. The summed E-state index contributed by atoms with van der Waals surface area (Å²) in [6.45, 7) is 2.17. The monoisotopic (exact) mass is 441 g/mol. The van der Waals surface area contributed by atoms with Gasteiger partial charge in [0.2, 0.25) is 0 Å². The number of ketones is 1. The predicted molar refractivity (Wildman–Crippen MR) is 118 cm³/mol. The maximum absolute atomic E-state index is 13.1. The normalized spacial score (nSPS) is 17.5. The lowest BCUT2D eigenvalue weighted by molar-refractivity contribution is -0.140. The summed E-state index contributed by atoms with van der Waals surface area (Å²) in [6.07, 6.45) is 0. The number of aryl methyl sites for hydroxylation is 1. The second-order valence-electron chi connectivity index (χ2n) is 7.27. The van der Waals surface area contributed by atoms with Crippen LogP contribution in [0.3, 0.4) is 0 Å². The average Bonchev–Trinajstić information content (AvgIpc) is 3.06. The zero-order chi connectivity index (χ0) is 23.4. The van der Waals surface area contributed by atoms with Crippen LogP contribution in [0.4, 0.5) is 0 Å². The van der Waals surface area contributed by atoms with Gasteiger partial charge in [0.15, 0.2) is 0 Å². The Balaban J connectivity index is 2.26. The molecule has 0 unspecified atom stereocenters. The van der Waals surface area contributed by atoms with Crippen molar-refractivity contribution in [2.45, 2.75) is 13.0 Å². The molecule has 1 aliphatic rings. The van der Waals surface area contributed by atoms with Crippen LogP contribution in [0.25, 0.3) is 5.76 Å². The van der Waals surface area contributed by atoms with E-state index in [9.17, 15) is 14.7 Å². The van der Waals surface area contributed by atoms with Crippen molar-refractivity contribution in [1.82, 2.24) is 4.90 Å². The molecule has 1 amide bonds. The van der Waals surface area contributed by atoms with Gasteiger partial charge in [0.1, 0.15) is 23.0 Å². The Morgan fingerprint density at radius 2 is 1.62 bits per heavy atom. The molecule has 8 heteroatoms. The van der Waals surface area contributed by atoms with Crippen LogP contribution < -0.4 is 14.2 Å². The van der Waals surface area contributed by atoms with E-state index in [4.69, 9.17) is 18.9 Å². The second-order valence-corrected chi connectivity index (χ2v) is 7.27. The molecular formula is C24H27NO7. The first kappa shape index (κ1) is 23.1. The number of aliphatic hydroxyl groups is 1. The first-order valence-electron chi connectivity index (χ1n) is 10.0. The van der Waals surface area contributed by atoms with E-state index in [0.717, 1.165) is 0 Å². The molecular weight excluding hydrogens is 414 g/mol. The summed E-state index contributed by atoms with van der Waals surface area (Å²) in [5.74, 6) is -0.159. The number of rotatable bonds is 8. The lowest BCUT2D eigenvalue weighted by Gasteiger charge is -2.26. The highest BCUT2D eigenvalue weighted by atomic mass is 16.5. The number of carbonyl (C=O) groups excluding carboxylic acids is 2. The van der Waals surface area contributed by atoms with E-state index in [-0.39, 0.29) is 24.5 Å². The smallest absolute Gasteiger partial charge is 0.295 e. The van der Waals surface area contributed by atoms with Crippen LogP contribution >= 0.6 is 0 Å². The minimum atomic E-state index is -0.878. The van der Waals surface area contributed by atoms with Crippen molar-refractivity contribution >= 4 is 17.4 Å². The van der Waals surface area contributed by atoms with Crippen molar-refractivity contribution in [2.75, 3.05) is 41.6 Å². The van der Waals surface area contributed by atoms with Crippen molar-refractivity contribution in [3.63, 3.8) is 0 Å². The van der Waals surface area contributed by atoms with Gasteiger partial charge in [0, 0.05) is 24.8 Å². The molecule has 8 nitrogen and oxygen atoms in total. The lowest BCUT2D eigenvalue weighted by atomic mass is 9.93. The van der Waals surface area contributed by atoms with Gasteiger partial charge in [-0.3, -0.25) is 9.59 Å². The molecule has 32 heavy (non-hydrogen) atoms. The first-order valence-corrected chi connectivity index (χ1v) is 10.0. The molecule has 2 aromatic carbocycles. The number of likely N-dealkylation sites (tertiary alicyclic amines) is 1. The Morgan fingerprint density at radius 1 is 0.969 bits per heavy atom. The average molecular weight is 441 g/mol. The molecule has 2 aromatic rings. The van der Waals surface area contributed by atoms with Crippen LogP contribution in [0.2, 0.25) is 0 Å². The molecule has 1 atom stereocenters. The Hall–Kier alpha value is -3.52. The van der Waals surface area contributed by atoms with E-state index in [1.165, 1.54) is 26.2 Å². The molecule has 170 valence electrons. The fourth-order valence-electron chi connectivity index (χ4n) is 3.85. The summed E-state index contributed by atoms with van der Waals surface area (Å²) in [5, 5.41) is 11.3. The molecule has 1 N–H and O–H groups in total. The standard InChI is InChI=1S/C24H27NO7/c1-14-12-15(30-3)6-8-17(14)22(26)20-21(25(10-11-29-2)24(28)23(20)27)18-13-16(31-4)7-9-19(18)32-5/h6-9,12-13,21,26H,10-11H2,1-5H3/b22-20+/t21-/m1/s1. The number of methoxy groups -OCH3 is 4. The van der Waals surface area contributed by atoms with E-state index >= 15 is 0 Å². The third kappa shape index (κ3) is 4.13. The van der Waals surface area contributed by atoms with Gasteiger partial charge in [0.25, 0.3) is 11.7 Å². The maximum Gasteiger partial charge on any atom is 0.295 e. The van der Waals surface area contributed by atoms with Gasteiger partial charge in [-0.15, -0.1) is 0 Å². The fourth-order valence-corrected chi connectivity index (χ4v) is 3.85. The topological polar surface area (TPSA) is 94.5 Å². The van der Waals surface area contributed by atoms with Gasteiger partial charge in [-0.1, -0.05) is 0 Å². The van der Waals surface area contributed by atoms with Crippen molar-refractivity contribution in [3.8, 4) is 17.2 Å². The van der Waals surface area contributed by atoms with E-state index in [2.05, 4.69) is 0 Å². The molecule has 0 bridgehead atoms. The molecule has 0 saturated carbocycles. The molecule has 1 aliphatic heterocycles. The van der Waals surface area contributed by atoms with Gasteiger partial charge in [0.05, 0.1) is 39.6 Å². The number of hydrogen-bond acceptors (Lipinski definition) is 7. The summed E-state index contributed by atoms with van der Waals surface area (Å²) in [6, 6.07) is 9.33. The molecule has 0 aliphatic carbocycles. The zero-order valence-corrected chi connectivity index (χ0v) is 18.8. The van der Waals surface area contributed by atoms with E-state index < -0.39 is 17.7 Å². The van der Waals surface area contributed by atoms with Crippen LogP contribution in [-0.4, -0.2) is 63.3 Å². The van der Waals surface area contributed by atoms with Crippen LogP contribution in [0.15, 0.2) is 42.0 Å². The third-order valence-corrected chi connectivity index (χ3v) is 5.50. The van der Waals surface area contributed by atoms with Gasteiger partial charge < -0.3 is 29.0 Å². The number of amides is 1. The molecule has 0 spiro atoms. The number of benzene rings is 2. The van der Waals surface area contributed by atoms with Crippen LogP contribution in [0.1, 0.15) is 22.7 Å². The van der Waals surface area contributed by atoms with E-state index in [0.29, 0.717) is 33.9 Å². The molecule has 3 rings (SSSR count).